The molecule has 0 aliphatic rings. The zero-order valence-corrected chi connectivity index (χ0v) is 11.6. The maximum Gasteiger partial charge on any atom is 0.119 e. The quantitative estimate of drug-likeness (QED) is 0.730. The lowest BCUT2D eigenvalue weighted by molar-refractivity contribution is 0.291. The van der Waals surface area contributed by atoms with E-state index in [-0.39, 0.29) is 0 Å². The molecule has 0 radical (unpaired) electrons. The lowest BCUT2D eigenvalue weighted by atomic mass is 10.1. The van der Waals surface area contributed by atoms with Gasteiger partial charge in [0.25, 0.3) is 0 Å². The molecule has 3 aromatic rings. The Labute approximate surface area is 123 Å². The number of rotatable bonds is 5. The summed E-state index contributed by atoms with van der Waals surface area (Å²) in [6.07, 6.45) is 3.81. The first-order valence-electron chi connectivity index (χ1n) is 6.88. The van der Waals surface area contributed by atoms with Crippen LogP contribution in [0.1, 0.15) is 0 Å². The van der Waals surface area contributed by atoms with Crippen LogP contribution in [0.4, 0.5) is 5.69 Å². The standard InChI is InChI=1S/C17H17N3O/c18-17-9-5-4-8-16(17)14-12-19-20(13-14)10-11-21-15-6-2-1-3-7-15/h1-9,12-13H,10-11,18H2. The molecule has 2 N–H and O–H groups in total. The van der Waals surface area contributed by atoms with E-state index in [4.69, 9.17) is 10.5 Å². The van der Waals surface area contributed by atoms with Crippen molar-refractivity contribution in [1.82, 2.24) is 9.78 Å². The van der Waals surface area contributed by atoms with Crippen molar-refractivity contribution in [3.8, 4) is 16.9 Å². The number of hydrogen-bond donors (Lipinski definition) is 1. The molecule has 0 fully saturated rings. The van der Waals surface area contributed by atoms with E-state index in [1.807, 2.05) is 71.7 Å². The number of nitrogens with zero attached hydrogens (tertiary/aromatic N) is 2. The van der Waals surface area contributed by atoms with Crippen LogP contribution in [-0.4, -0.2) is 16.4 Å². The molecule has 3 rings (SSSR count). The molecule has 0 spiro atoms. The molecule has 0 atom stereocenters. The Hall–Kier alpha value is -2.75. The van der Waals surface area contributed by atoms with E-state index in [0.29, 0.717) is 13.2 Å². The van der Waals surface area contributed by atoms with Gasteiger partial charge in [-0.05, 0) is 18.2 Å². The highest BCUT2D eigenvalue weighted by molar-refractivity contribution is 5.75. The van der Waals surface area contributed by atoms with Gasteiger partial charge < -0.3 is 10.5 Å². The molecule has 0 saturated carbocycles. The van der Waals surface area contributed by atoms with Gasteiger partial charge in [-0.25, -0.2) is 0 Å². The van der Waals surface area contributed by atoms with Crippen molar-refractivity contribution in [2.45, 2.75) is 6.54 Å². The van der Waals surface area contributed by atoms with Gasteiger partial charge in [-0.3, -0.25) is 4.68 Å². The van der Waals surface area contributed by atoms with Gasteiger partial charge in [0.1, 0.15) is 12.4 Å². The summed E-state index contributed by atoms with van der Waals surface area (Å²) in [7, 11) is 0. The summed E-state index contributed by atoms with van der Waals surface area (Å²) in [4.78, 5) is 0. The normalized spacial score (nSPS) is 10.5. The molecule has 0 amide bonds. The average Bonchev–Trinajstić information content (AvgIpc) is 2.97. The minimum atomic E-state index is 0.579. The van der Waals surface area contributed by atoms with Crippen molar-refractivity contribution in [2.24, 2.45) is 0 Å². The van der Waals surface area contributed by atoms with E-state index >= 15 is 0 Å². The van der Waals surface area contributed by atoms with Crippen molar-refractivity contribution < 1.29 is 4.74 Å². The van der Waals surface area contributed by atoms with E-state index in [1.54, 1.807) is 0 Å². The Morgan fingerprint density at radius 2 is 1.76 bits per heavy atom. The predicted molar refractivity (Wildman–Crippen MR) is 84.0 cm³/mol. The van der Waals surface area contributed by atoms with Crippen molar-refractivity contribution >= 4 is 5.69 Å². The molecule has 0 saturated heterocycles. The van der Waals surface area contributed by atoms with E-state index in [1.165, 1.54) is 0 Å². The summed E-state index contributed by atoms with van der Waals surface area (Å²) in [5, 5.41) is 4.35. The summed E-state index contributed by atoms with van der Waals surface area (Å²) >= 11 is 0. The Balaban J connectivity index is 1.62. The van der Waals surface area contributed by atoms with Gasteiger partial charge in [0.2, 0.25) is 0 Å². The maximum absolute atomic E-state index is 5.98. The highest BCUT2D eigenvalue weighted by Crippen LogP contribution is 2.24. The minimum Gasteiger partial charge on any atom is -0.492 e. The van der Waals surface area contributed by atoms with Gasteiger partial charge >= 0.3 is 0 Å². The third-order valence-corrected chi connectivity index (χ3v) is 3.24. The van der Waals surface area contributed by atoms with E-state index < -0.39 is 0 Å². The Bertz CT molecular complexity index is 707. The SMILES string of the molecule is Nc1ccccc1-c1cnn(CCOc2ccccc2)c1. The average molecular weight is 279 g/mol. The third-order valence-electron chi connectivity index (χ3n) is 3.24. The number of benzene rings is 2. The zero-order valence-electron chi connectivity index (χ0n) is 11.6. The summed E-state index contributed by atoms with van der Waals surface area (Å²) in [5.41, 5.74) is 8.77. The molecule has 1 aromatic heterocycles. The zero-order chi connectivity index (χ0) is 14.5. The highest BCUT2D eigenvalue weighted by atomic mass is 16.5. The first-order valence-corrected chi connectivity index (χ1v) is 6.88. The second-order valence-electron chi connectivity index (χ2n) is 4.74. The number of aromatic nitrogens is 2. The number of ether oxygens (including phenoxy) is 1. The molecule has 0 unspecified atom stereocenters. The smallest absolute Gasteiger partial charge is 0.119 e. The van der Waals surface area contributed by atoms with Crippen molar-refractivity contribution in [3.05, 3.63) is 67.0 Å². The van der Waals surface area contributed by atoms with Crippen LogP contribution in [0.5, 0.6) is 5.75 Å². The number of hydrogen-bond acceptors (Lipinski definition) is 3. The highest BCUT2D eigenvalue weighted by Gasteiger charge is 2.04. The van der Waals surface area contributed by atoms with Crippen molar-refractivity contribution in [3.63, 3.8) is 0 Å². The fourth-order valence-corrected chi connectivity index (χ4v) is 2.16. The van der Waals surface area contributed by atoms with E-state index in [0.717, 1.165) is 22.6 Å². The topological polar surface area (TPSA) is 53.1 Å². The number of nitrogens with two attached hydrogens (primary N) is 1. The number of anilines is 1. The molecule has 0 aliphatic carbocycles. The van der Waals surface area contributed by atoms with Gasteiger partial charge in [0, 0.05) is 23.0 Å². The Morgan fingerprint density at radius 3 is 2.57 bits per heavy atom. The van der Waals surface area contributed by atoms with Crippen LogP contribution in [-0.2, 0) is 6.54 Å². The summed E-state index contributed by atoms with van der Waals surface area (Å²) in [6, 6.07) is 17.6. The van der Waals surface area contributed by atoms with Gasteiger partial charge in [0.05, 0.1) is 12.7 Å². The van der Waals surface area contributed by atoms with Gasteiger partial charge in [-0.1, -0.05) is 36.4 Å². The van der Waals surface area contributed by atoms with Crippen molar-refractivity contribution in [2.75, 3.05) is 12.3 Å². The first kappa shape index (κ1) is 13.2. The summed E-state index contributed by atoms with van der Waals surface area (Å²) in [6.45, 7) is 1.27. The molecular formula is C17H17N3O. The molecule has 1 heterocycles. The van der Waals surface area contributed by atoms with Gasteiger partial charge in [-0.15, -0.1) is 0 Å². The summed E-state index contributed by atoms with van der Waals surface area (Å²) in [5.74, 6) is 0.872. The van der Waals surface area contributed by atoms with Crippen LogP contribution in [0.2, 0.25) is 0 Å². The van der Waals surface area contributed by atoms with Crippen LogP contribution in [0.25, 0.3) is 11.1 Å². The second-order valence-corrected chi connectivity index (χ2v) is 4.74. The monoisotopic (exact) mass is 279 g/mol. The van der Waals surface area contributed by atoms with Crippen LogP contribution < -0.4 is 10.5 Å². The predicted octanol–water partition coefficient (Wildman–Crippen LogP) is 3.21. The molecule has 2 aromatic carbocycles. The van der Waals surface area contributed by atoms with Gasteiger partial charge in [0.15, 0.2) is 0 Å². The second kappa shape index (κ2) is 6.13. The van der Waals surface area contributed by atoms with Gasteiger partial charge in [-0.2, -0.15) is 5.10 Å². The first-order chi connectivity index (χ1) is 10.3. The van der Waals surface area contributed by atoms with E-state index in [2.05, 4.69) is 5.10 Å². The fraction of sp³-hybridized carbons (Fsp3) is 0.118. The van der Waals surface area contributed by atoms with E-state index in [9.17, 15) is 0 Å². The van der Waals surface area contributed by atoms with Crippen molar-refractivity contribution in [1.29, 1.82) is 0 Å². The molecule has 4 heteroatoms. The molecule has 0 aliphatic heterocycles. The number of nitrogen functional groups attached to an aromatic ring is 1. The minimum absolute atomic E-state index is 0.579. The molecule has 106 valence electrons. The molecule has 4 nitrogen and oxygen atoms in total. The Kier molecular flexibility index (Phi) is 3.87. The fourth-order valence-electron chi connectivity index (χ4n) is 2.16. The molecule has 21 heavy (non-hydrogen) atoms. The summed E-state index contributed by atoms with van der Waals surface area (Å²) < 4.78 is 7.53. The lowest BCUT2D eigenvalue weighted by Gasteiger charge is -2.05. The largest absolute Gasteiger partial charge is 0.492 e. The third kappa shape index (κ3) is 3.23. The van der Waals surface area contributed by atoms with Crippen LogP contribution in [0.3, 0.4) is 0 Å². The molecule has 0 bridgehead atoms. The lowest BCUT2D eigenvalue weighted by Crippen LogP contribution is -2.08. The molecular weight excluding hydrogens is 262 g/mol. The number of para-hydroxylation sites is 2. The Morgan fingerprint density at radius 1 is 1.00 bits per heavy atom. The van der Waals surface area contributed by atoms with Crippen LogP contribution in [0.15, 0.2) is 67.0 Å². The maximum atomic E-state index is 5.98. The van der Waals surface area contributed by atoms with Crippen LogP contribution in [0, 0.1) is 0 Å². The van der Waals surface area contributed by atoms with Crippen LogP contribution >= 0.6 is 0 Å².